The molecular weight excluding hydrogens is 154 g/mol. The lowest BCUT2D eigenvalue weighted by atomic mass is 9.92. The van der Waals surface area contributed by atoms with Crippen molar-refractivity contribution < 1.29 is 9.84 Å². The van der Waals surface area contributed by atoms with E-state index in [-0.39, 0.29) is 17.8 Å². The number of ether oxygens (including phenoxy) is 1. The van der Waals surface area contributed by atoms with Gasteiger partial charge in [-0.05, 0) is 27.7 Å². The number of aliphatic hydroxyl groups excluding tert-OH is 1. The molecule has 0 bridgehead atoms. The van der Waals surface area contributed by atoms with Crippen LogP contribution in [-0.2, 0) is 4.74 Å². The van der Waals surface area contributed by atoms with Crippen LogP contribution in [0.3, 0.4) is 0 Å². The van der Waals surface area contributed by atoms with Crippen LogP contribution >= 0.6 is 0 Å². The van der Waals surface area contributed by atoms with Crippen LogP contribution in [0, 0.1) is 0 Å². The van der Waals surface area contributed by atoms with Crippen molar-refractivity contribution in [3.05, 3.63) is 0 Å². The van der Waals surface area contributed by atoms with Crippen LogP contribution in [0.15, 0.2) is 0 Å². The highest BCUT2D eigenvalue weighted by atomic mass is 16.5. The number of hydrogen-bond donors (Lipinski definition) is 1. The summed E-state index contributed by atoms with van der Waals surface area (Å²) in [6.07, 6.45) is 0. The van der Waals surface area contributed by atoms with Crippen molar-refractivity contribution >= 4 is 0 Å². The third-order valence-electron chi connectivity index (χ3n) is 2.51. The Hall–Kier alpha value is -0.120. The Labute approximate surface area is 74.3 Å². The lowest BCUT2D eigenvalue weighted by molar-refractivity contribution is -0.155. The Balaban J connectivity index is 2.81. The van der Waals surface area contributed by atoms with Gasteiger partial charge in [-0.3, -0.25) is 4.90 Å². The summed E-state index contributed by atoms with van der Waals surface area (Å²) in [7, 11) is 0. The van der Waals surface area contributed by atoms with Gasteiger partial charge in [-0.25, -0.2) is 0 Å². The van der Waals surface area contributed by atoms with Gasteiger partial charge in [0.15, 0.2) is 0 Å². The monoisotopic (exact) mass is 173 g/mol. The van der Waals surface area contributed by atoms with Crippen molar-refractivity contribution in [2.75, 3.05) is 19.9 Å². The molecular formula is C9H19NO2. The number of morpholine rings is 1. The first-order valence-corrected chi connectivity index (χ1v) is 4.36. The number of hydrogen-bond acceptors (Lipinski definition) is 3. The number of aliphatic hydroxyl groups is 1. The minimum atomic E-state index is -0.0590. The second-order valence-electron chi connectivity index (χ2n) is 4.69. The van der Waals surface area contributed by atoms with Crippen molar-refractivity contribution in [3.8, 4) is 0 Å². The maximum absolute atomic E-state index is 9.23. The molecule has 1 saturated heterocycles. The molecule has 0 radical (unpaired) electrons. The zero-order valence-corrected chi connectivity index (χ0v) is 8.42. The zero-order chi connectivity index (χ0) is 9.41. The van der Waals surface area contributed by atoms with Gasteiger partial charge in [-0.15, -0.1) is 0 Å². The Morgan fingerprint density at radius 2 is 1.58 bits per heavy atom. The molecule has 3 nitrogen and oxygen atoms in total. The van der Waals surface area contributed by atoms with Crippen LogP contribution in [-0.4, -0.2) is 41.0 Å². The van der Waals surface area contributed by atoms with E-state index in [0.29, 0.717) is 13.2 Å². The van der Waals surface area contributed by atoms with Crippen LogP contribution in [0.1, 0.15) is 27.7 Å². The van der Waals surface area contributed by atoms with Gasteiger partial charge >= 0.3 is 0 Å². The summed E-state index contributed by atoms with van der Waals surface area (Å²) < 4.78 is 5.48. The molecule has 0 saturated carbocycles. The molecule has 0 atom stereocenters. The van der Waals surface area contributed by atoms with Gasteiger partial charge < -0.3 is 9.84 Å². The van der Waals surface area contributed by atoms with Gasteiger partial charge in [0, 0.05) is 11.1 Å². The molecule has 3 heteroatoms. The van der Waals surface area contributed by atoms with Gasteiger partial charge in [0.25, 0.3) is 0 Å². The number of nitrogens with zero attached hydrogens (tertiary/aromatic N) is 1. The minimum Gasteiger partial charge on any atom is -0.381 e. The second kappa shape index (κ2) is 2.98. The molecule has 0 aliphatic carbocycles. The molecule has 72 valence electrons. The highest BCUT2D eigenvalue weighted by Gasteiger charge is 2.41. The summed E-state index contributed by atoms with van der Waals surface area (Å²) in [6.45, 7) is 9.83. The third kappa shape index (κ3) is 1.63. The Morgan fingerprint density at radius 1 is 1.17 bits per heavy atom. The third-order valence-corrected chi connectivity index (χ3v) is 2.51. The summed E-state index contributed by atoms with van der Waals surface area (Å²) in [5, 5.41) is 9.23. The topological polar surface area (TPSA) is 32.7 Å². The molecule has 0 spiro atoms. The van der Waals surface area contributed by atoms with Crippen LogP contribution in [0.5, 0.6) is 0 Å². The predicted molar refractivity (Wildman–Crippen MR) is 47.9 cm³/mol. The average molecular weight is 173 g/mol. The van der Waals surface area contributed by atoms with Crippen molar-refractivity contribution in [1.29, 1.82) is 0 Å². The molecule has 0 aromatic rings. The quantitative estimate of drug-likeness (QED) is 0.637. The summed E-state index contributed by atoms with van der Waals surface area (Å²) in [6, 6.07) is 0. The molecule has 1 aliphatic heterocycles. The molecule has 1 fully saturated rings. The highest BCUT2D eigenvalue weighted by Crippen LogP contribution is 2.29. The van der Waals surface area contributed by atoms with Gasteiger partial charge in [0.2, 0.25) is 0 Å². The molecule has 1 rings (SSSR count). The predicted octanol–water partition coefficient (Wildman–Crippen LogP) is 0.826. The van der Waals surface area contributed by atoms with E-state index in [1.165, 1.54) is 0 Å². The minimum absolute atomic E-state index is 0.0590. The Bertz CT molecular complexity index is 150. The van der Waals surface area contributed by atoms with E-state index in [1.807, 2.05) is 0 Å². The SMILES string of the molecule is CC1(C)COCC(C)(C)N1CO. The molecule has 1 N–H and O–H groups in total. The first-order valence-electron chi connectivity index (χ1n) is 4.36. The van der Waals surface area contributed by atoms with Crippen molar-refractivity contribution in [3.63, 3.8) is 0 Å². The molecule has 0 unspecified atom stereocenters. The van der Waals surface area contributed by atoms with Crippen molar-refractivity contribution in [1.82, 2.24) is 4.90 Å². The van der Waals surface area contributed by atoms with E-state index in [2.05, 4.69) is 32.6 Å². The highest BCUT2D eigenvalue weighted by molar-refractivity contribution is 4.94. The smallest absolute Gasteiger partial charge is 0.0966 e. The van der Waals surface area contributed by atoms with Crippen LogP contribution in [0.25, 0.3) is 0 Å². The molecule has 1 heterocycles. The zero-order valence-electron chi connectivity index (χ0n) is 8.42. The first-order chi connectivity index (χ1) is 5.40. The number of rotatable bonds is 1. The van der Waals surface area contributed by atoms with Gasteiger partial charge in [-0.2, -0.15) is 0 Å². The van der Waals surface area contributed by atoms with E-state index in [1.54, 1.807) is 0 Å². The van der Waals surface area contributed by atoms with Crippen molar-refractivity contribution in [2.45, 2.75) is 38.8 Å². The maximum atomic E-state index is 9.23. The van der Waals surface area contributed by atoms with E-state index < -0.39 is 0 Å². The average Bonchev–Trinajstić information content (AvgIpc) is 1.83. The molecule has 0 amide bonds. The van der Waals surface area contributed by atoms with E-state index >= 15 is 0 Å². The fraction of sp³-hybridized carbons (Fsp3) is 1.00. The summed E-state index contributed by atoms with van der Waals surface area (Å²) in [5.41, 5.74) is -0.118. The van der Waals surface area contributed by atoms with E-state index in [9.17, 15) is 5.11 Å². The normalized spacial score (nSPS) is 28.8. The second-order valence-corrected chi connectivity index (χ2v) is 4.69. The van der Waals surface area contributed by atoms with E-state index in [4.69, 9.17) is 4.74 Å². The van der Waals surface area contributed by atoms with Crippen molar-refractivity contribution in [2.24, 2.45) is 0 Å². The van der Waals surface area contributed by atoms with Crippen LogP contribution in [0.4, 0.5) is 0 Å². The van der Waals surface area contributed by atoms with Gasteiger partial charge in [0.1, 0.15) is 0 Å². The standard InChI is InChI=1S/C9H19NO2/c1-8(2)5-12-6-9(3,4)10(8)7-11/h11H,5-7H2,1-4H3. The summed E-state index contributed by atoms with van der Waals surface area (Å²) in [4.78, 5) is 2.07. The largest absolute Gasteiger partial charge is 0.381 e. The molecule has 12 heavy (non-hydrogen) atoms. The molecule has 1 aliphatic rings. The fourth-order valence-electron chi connectivity index (χ4n) is 1.91. The lowest BCUT2D eigenvalue weighted by Crippen LogP contribution is -2.63. The molecule has 0 aromatic heterocycles. The summed E-state index contributed by atoms with van der Waals surface area (Å²) >= 11 is 0. The van der Waals surface area contributed by atoms with Crippen LogP contribution in [0.2, 0.25) is 0 Å². The van der Waals surface area contributed by atoms with Crippen LogP contribution < -0.4 is 0 Å². The first kappa shape index (κ1) is 9.96. The summed E-state index contributed by atoms with van der Waals surface area (Å²) in [5.74, 6) is 0. The fourth-order valence-corrected chi connectivity index (χ4v) is 1.91. The lowest BCUT2D eigenvalue weighted by Gasteiger charge is -2.51. The molecule has 0 aromatic carbocycles. The Morgan fingerprint density at radius 3 is 1.83 bits per heavy atom. The van der Waals surface area contributed by atoms with Gasteiger partial charge in [-0.1, -0.05) is 0 Å². The Kier molecular flexibility index (Phi) is 2.47. The maximum Gasteiger partial charge on any atom is 0.0966 e. The van der Waals surface area contributed by atoms with Gasteiger partial charge in [0.05, 0.1) is 19.9 Å². The van der Waals surface area contributed by atoms with E-state index in [0.717, 1.165) is 0 Å².